The Labute approximate surface area is 119 Å². The van der Waals surface area contributed by atoms with Crippen LogP contribution in [-0.2, 0) is 4.79 Å². The lowest BCUT2D eigenvalue weighted by molar-refractivity contribution is -0.118. The van der Waals surface area contributed by atoms with E-state index >= 15 is 0 Å². The van der Waals surface area contributed by atoms with Crippen LogP contribution in [0.4, 0.5) is 5.69 Å². The highest BCUT2D eigenvalue weighted by atomic mass is 16.2. The van der Waals surface area contributed by atoms with E-state index in [4.69, 9.17) is 0 Å². The number of anilines is 1. The van der Waals surface area contributed by atoms with Gasteiger partial charge in [-0.1, -0.05) is 13.0 Å². The fraction of sp³-hybridized carbons (Fsp3) is 0.467. The molecule has 5 nitrogen and oxygen atoms in total. The molecule has 5 heteroatoms. The number of benzene rings is 1. The van der Waals surface area contributed by atoms with E-state index in [1.165, 1.54) is 4.90 Å². The highest BCUT2D eigenvalue weighted by Gasteiger charge is 2.29. The van der Waals surface area contributed by atoms with Crippen molar-refractivity contribution < 1.29 is 9.59 Å². The number of nitrogens with zero attached hydrogens (tertiary/aromatic N) is 1. The second-order valence-electron chi connectivity index (χ2n) is 5.47. The Balaban J connectivity index is 2.08. The summed E-state index contributed by atoms with van der Waals surface area (Å²) in [7, 11) is 3.41. The van der Waals surface area contributed by atoms with Crippen LogP contribution in [0.15, 0.2) is 24.3 Å². The van der Waals surface area contributed by atoms with E-state index in [1.807, 2.05) is 0 Å². The Kier molecular flexibility index (Phi) is 4.39. The van der Waals surface area contributed by atoms with Crippen LogP contribution in [0.2, 0.25) is 0 Å². The molecule has 0 aromatic heterocycles. The van der Waals surface area contributed by atoms with Crippen molar-refractivity contribution in [2.45, 2.75) is 19.4 Å². The Morgan fingerprint density at radius 3 is 2.70 bits per heavy atom. The van der Waals surface area contributed by atoms with Crippen LogP contribution >= 0.6 is 0 Å². The van der Waals surface area contributed by atoms with Crippen molar-refractivity contribution in [2.24, 2.45) is 5.92 Å². The largest absolute Gasteiger partial charge is 0.345 e. The van der Waals surface area contributed by atoms with Gasteiger partial charge < -0.3 is 15.5 Å². The van der Waals surface area contributed by atoms with Crippen LogP contribution in [0, 0.1) is 5.92 Å². The molecular weight excluding hydrogens is 254 g/mol. The molecule has 20 heavy (non-hydrogen) atoms. The summed E-state index contributed by atoms with van der Waals surface area (Å²) in [6.45, 7) is 2.94. The number of carbonyl (C=O) groups is 2. The van der Waals surface area contributed by atoms with Crippen LogP contribution in [0.25, 0.3) is 0 Å². The highest BCUT2D eigenvalue weighted by Crippen LogP contribution is 2.17. The van der Waals surface area contributed by atoms with E-state index in [9.17, 15) is 9.59 Å². The average Bonchev–Trinajstić information content (AvgIpc) is 2.84. The summed E-state index contributed by atoms with van der Waals surface area (Å²) in [5.74, 6) is 0.222. The number of carbonyl (C=O) groups excluding carboxylic acids is 2. The van der Waals surface area contributed by atoms with Crippen molar-refractivity contribution in [1.82, 2.24) is 10.2 Å². The standard InChI is InChI=1S/C15H21N3O2/c1-10-7-8-16-13(10)14(19)17-12-6-4-5-11(9-12)15(20)18(2)3/h4-6,9-10,13,16H,7-8H2,1-3H3,(H,17,19). The van der Waals surface area contributed by atoms with Crippen molar-refractivity contribution in [2.75, 3.05) is 26.0 Å². The first-order valence-electron chi connectivity index (χ1n) is 6.85. The van der Waals surface area contributed by atoms with Crippen LogP contribution in [0.3, 0.4) is 0 Å². The smallest absolute Gasteiger partial charge is 0.253 e. The summed E-state index contributed by atoms with van der Waals surface area (Å²) in [5.41, 5.74) is 1.23. The quantitative estimate of drug-likeness (QED) is 0.874. The van der Waals surface area contributed by atoms with Gasteiger partial charge >= 0.3 is 0 Å². The molecule has 0 bridgehead atoms. The first-order chi connectivity index (χ1) is 9.49. The molecule has 2 atom stereocenters. The summed E-state index contributed by atoms with van der Waals surface area (Å²) in [4.78, 5) is 25.6. The van der Waals surface area contributed by atoms with Crippen molar-refractivity contribution in [3.8, 4) is 0 Å². The van der Waals surface area contributed by atoms with E-state index in [0.29, 0.717) is 17.2 Å². The van der Waals surface area contributed by atoms with E-state index < -0.39 is 0 Å². The van der Waals surface area contributed by atoms with Gasteiger partial charge in [-0.05, 0) is 37.1 Å². The zero-order valence-electron chi connectivity index (χ0n) is 12.1. The maximum atomic E-state index is 12.2. The van der Waals surface area contributed by atoms with Gasteiger partial charge in [0, 0.05) is 25.3 Å². The Bertz CT molecular complexity index is 514. The lowest BCUT2D eigenvalue weighted by atomic mass is 10.0. The first-order valence-corrected chi connectivity index (χ1v) is 6.85. The van der Waals surface area contributed by atoms with Gasteiger partial charge in [-0.25, -0.2) is 0 Å². The van der Waals surface area contributed by atoms with Gasteiger partial charge in [0.05, 0.1) is 6.04 Å². The number of hydrogen-bond acceptors (Lipinski definition) is 3. The van der Waals surface area contributed by atoms with Gasteiger partial charge in [0.2, 0.25) is 5.91 Å². The molecule has 0 radical (unpaired) electrons. The van der Waals surface area contributed by atoms with Crippen molar-refractivity contribution in [3.63, 3.8) is 0 Å². The van der Waals surface area contributed by atoms with Gasteiger partial charge in [-0.2, -0.15) is 0 Å². The molecule has 1 aromatic carbocycles. The number of hydrogen-bond donors (Lipinski definition) is 2. The maximum absolute atomic E-state index is 12.2. The van der Waals surface area contributed by atoms with Gasteiger partial charge in [-0.15, -0.1) is 0 Å². The average molecular weight is 275 g/mol. The summed E-state index contributed by atoms with van der Waals surface area (Å²) in [6, 6.07) is 6.87. The predicted octanol–water partition coefficient (Wildman–Crippen LogP) is 1.32. The maximum Gasteiger partial charge on any atom is 0.253 e. The number of rotatable bonds is 3. The van der Waals surface area contributed by atoms with Crippen LogP contribution in [-0.4, -0.2) is 43.4 Å². The summed E-state index contributed by atoms with van der Waals surface area (Å²) < 4.78 is 0. The van der Waals surface area contributed by atoms with Crippen LogP contribution in [0.1, 0.15) is 23.7 Å². The molecule has 2 amide bonds. The molecule has 1 fully saturated rings. The Hall–Kier alpha value is -1.88. The molecule has 1 aliphatic rings. The van der Waals surface area contributed by atoms with Gasteiger partial charge in [-0.3, -0.25) is 9.59 Å². The molecule has 1 saturated heterocycles. The number of amides is 2. The summed E-state index contributed by atoms with van der Waals surface area (Å²) in [6.07, 6.45) is 1.01. The lowest BCUT2D eigenvalue weighted by Crippen LogP contribution is -2.39. The molecule has 0 saturated carbocycles. The third-order valence-electron chi connectivity index (χ3n) is 3.60. The zero-order valence-corrected chi connectivity index (χ0v) is 12.1. The minimum Gasteiger partial charge on any atom is -0.345 e. The molecule has 2 rings (SSSR count). The highest BCUT2D eigenvalue weighted by molar-refractivity contribution is 5.98. The van der Waals surface area contributed by atoms with Crippen LogP contribution < -0.4 is 10.6 Å². The number of nitrogens with one attached hydrogen (secondary N) is 2. The molecular formula is C15H21N3O2. The molecule has 2 N–H and O–H groups in total. The van der Waals surface area contributed by atoms with Crippen LogP contribution in [0.5, 0.6) is 0 Å². The fourth-order valence-corrected chi connectivity index (χ4v) is 2.39. The zero-order chi connectivity index (χ0) is 14.7. The molecule has 0 spiro atoms. The second-order valence-corrected chi connectivity index (χ2v) is 5.47. The van der Waals surface area contributed by atoms with E-state index in [2.05, 4.69) is 17.6 Å². The summed E-state index contributed by atoms with van der Waals surface area (Å²) in [5, 5.41) is 6.07. The third kappa shape index (κ3) is 3.17. The molecule has 1 aliphatic heterocycles. The normalized spacial score (nSPS) is 21.6. The van der Waals surface area contributed by atoms with E-state index in [1.54, 1.807) is 38.4 Å². The third-order valence-corrected chi connectivity index (χ3v) is 3.60. The monoisotopic (exact) mass is 275 g/mol. The van der Waals surface area contributed by atoms with Gasteiger partial charge in [0.1, 0.15) is 0 Å². The minimum absolute atomic E-state index is 0.0375. The fourth-order valence-electron chi connectivity index (χ4n) is 2.39. The Morgan fingerprint density at radius 2 is 2.10 bits per heavy atom. The van der Waals surface area contributed by atoms with Crippen molar-refractivity contribution >= 4 is 17.5 Å². The van der Waals surface area contributed by atoms with Crippen molar-refractivity contribution in [1.29, 1.82) is 0 Å². The van der Waals surface area contributed by atoms with Crippen molar-refractivity contribution in [3.05, 3.63) is 29.8 Å². The van der Waals surface area contributed by atoms with E-state index in [-0.39, 0.29) is 17.9 Å². The second kappa shape index (κ2) is 6.05. The van der Waals surface area contributed by atoms with E-state index in [0.717, 1.165) is 13.0 Å². The van der Waals surface area contributed by atoms with Gasteiger partial charge in [0.15, 0.2) is 0 Å². The minimum atomic E-state index is -0.150. The lowest BCUT2D eigenvalue weighted by Gasteiger charge is -2.16. The molecule has 0 aliphatic carbocycles. The SMILES string of the molecule is CC1CCNC1C(=O)Nc1cccc(C(=O)N(C)C)c1. The first kappa shape index (κ1) is 14.5. The topological polar surface area (TPSA) is 61.4 Å². The molecule has 108 valence electrons. The summed E-state index contributed by atoms with van der Waals surface area (Å²) >= 11 is 0. The Morgan fingerprint density at radius 1 is 1.35 bits per heavy atom. The molecule has 1 heterocycles. The molecule has 2 unspecified atom stereocenters. The molecule has 1 aromatic rings. The van der Waals surface area contributed by atoms with Gasteiger partial charge in [0.25, 0.3) is 5.91 Å². The predicted molar refractivity (Wildman–Crippen MR) is 78.7 cm³/mol.